The van der Waals surface area contributed by atoms with Crippen LogP contribution < -0.4 is 9.47 Å². The van der Waals surface area contributed by atoms with E-state index in [0.29, 0.717) is 11.6 Å². The monoisotopic (exact) mass is 330 g/mol. The van der Waals surface area contributed by atoms with Crippen molar-refractivity contribution in [1.82, 2.24) is 9.88 Å². The Bertz CT molecular complexity index is 688. The molecule has 1 saturated heterocycles. The van der Waals surface area contributed by atoms with Gasteiger partial charge in [-0.1, -0.05) is 6.92 Å². The minimum atomic E-state index is 0.604. The van der Waals surface area contributed by atoms with Gasteiger partial charge in [0.15, 0.2) is 0 Å². The SMILES string of the molecule is COc1ccc(-c2nc(CN3CCC(C)CC3)c(C)o2)c(OC)c1. The van der Waals surface area contributed by atoms with Gasteiger partial charge in [0.25, 0.3) is 0 Å². The lowest BCUT2D eigenvalue weighted by Gasteiger charge is -2.29. The zero-order valence-corrected chi connectivity index (χ0v) is 15.0. The predicted molar refractivity (Wildman–Crippen MR) is 93.5 cm³/mol. The molecule has 5 heteroatoms. The number of hydrogen-bond acceptors (Lipinski definition) is 5. The molecule has 0 radical (unpaired) electrons. The van der Waals surface area contributed by atoms with Gasteiger partial charge >= 0.3 is 0 Å². The number of benzene rings is 1. The number of ether oxygens (including phenoxy) is 2. The zero-order valence-electron chi connectivity index (χ0n) is 15.0. The number of hydrogen-bond donors (Lipinski definition) is 0. The highest BCUT2D eigenvalue weighted by atomic mass is 16.5. The van der Waals surface area contributed by atoms with Gasteiger partial charge in [0.05, 0.1) is 25.5 Å². The van der Waals surface area contributed by atoms with Crippen molar-refractivity contribution in [3.05, 3.63) is 29.7 Å². The van der Waals surface area contributed by atoms with Gasteiger partial charge < -0.3 is 13.9 Å². The molecule has 5 nitrogen and oxygen atoms in total. The summed E-state index contributed by atoms with van der Waals surface area (Å²) in [5.41, 5.74) is 1.86. The molecule has 0 N–H and O–H groups in total. The molecule has 0 bridgehead atoms. The van der Waals surface area contributed by atoms with Crippen LogP contribution in [0.5, 0.6) is 11.5 Å². The Labute approximate surface area is 143 Å². The molecular formula is C19H26N2O3. The molecule has 1 aromatic carbocycles. The van der Waals surface area contributed by atoms with Crippen LogP contribution in [-0.2, 0) is 6.54 Å². The Morgan fingerprint density at radius 1 is 1.21 bits per heavy atom. The second kappa shape index (κ2) is 7.26. The van der Waals surface area contributed by atoms with Gasteiger partial charge in [-0.25, -0.2) is 4.98 Å². The number of oxazole rings is 1. The first-order chi connectivity index (χ1) is 11.6. The first-order valence-corrected chi connectivity index (χ1v) is 8.51. The van der Waals surface area contributed by atoms with E-state index in [9.17, 15) is 0 Å². The van der Waals surface area contributed by atoms with Crippen LogP contribution in [0, 0.1) is 12.8 Å². The molecule has 130 valence electrons. The third-order valence-electron chi connectivity index (χ3n) is 4.78. The summed E-state index contributed by atoms with van der Waals surface area (Å²) in [6, 6.07) is 5.67. The topological polar surface area (TPSA) is 47.7 Å². The van der Waals surface area contributed by atoms with Crippen molar-refractivity contribution in [3.63, 3.8) is 0 Å². The Balaban J connectivity index is 1.81. The van der Waals surface area contributed by atoms with Crippen LogP contribution in [-0.4, -0.2) is 37.2 Å². The molecule has 0 saturated carbocycles. The Morgan fingerprint density at radius 2 is 1.96 bits per heavy atom. The van der Waals surface area contributed by atoms with Crippen LogP contribution in [0.4, 0.5) is 0 Å². The molecule has 1 aliphatic rings. The number of likely N-dealkylation sites (tertiary alicyclic amines) is 1. The van der Waals surface area contributed by atoms with Crippen molar-refractivity contribution < 1.29 is 13.9 Å². The van der Waals surface area contributed by atoms with E-state index in [1.165, 1.54) is 12.8 Å². The fraction of sp³-hybridized carbons (Fsp3) is 0.526. The van der Waals surface area contributed by atoms with Crippen molar-refractivity contribution >= 4 is 0 Å². The summed E-state index contributed by atoms with van der Waals surface area (Å²) in [5.74, 6) is 3.77. The summed E-state index contributed by atoms with van der Waals surface area (Å²) in [6.07, 6.45) is 2.52. The molecule has 2 heterocycles. The van der Waals surface area contributed by atoms with Crippen molar-refractivity contribution in [2.75, 3.05) is 27.3 Å². The van der Waals surface area contributed by atoms with Gasteiger partial charge in [-0.15, -0.1) is 0 Å². The quantitative estimate of drug-likeness (QED) is 0.832. The van der Waals surface area contributed by atoms with Crippen LogP contribution in [0.1, 0.15) is 31.2 Å². The lowest BCUT2D eigenvalue weighted by Crippen LogP contribution is -2.32. The highest BCUT2D eigenvalue weighted by Crippen LogP contribution is 2.34. The molecule has 0 unspecified atom stereocenters. The first kappa shape index (κ1) is 16.8. The third kappa shape index (κ3) is 3.56. The van der Waals surface area contributed by atoms with Gasteiger partial charge in [-0.05, 0) is 50.9 Å². The highest BCUT2D eigenvalue weighted by Gasteiger charge is 2.20. The summed E-state index contributed by atoms with van der Waals surface area (Å²) >= 11 is 0. The molecule has 0 atom stereocenters. The highest BCUT2D eigenvalue weighted by molar-refractivity contribution is 5.65. The smallest absolute Gasteiger partial charge is 0.230 e. The van der Waals surface area contributed by atoms with Gasteiger partial charge in [-0.3, -0.25) is 4.90 Å². The Hall–Kier alpha value is -2.01. The molecule has 1 aromatic heterocycles. The average molecular weight is 330 g/mol. The van der Waals surface area contributed by atoms with Crippen LogP contribution in [0.3, 0.4) is 0 Å². The number of piperidine rings is 1. The van der Waals surface area contributed by atoms with E-state index in [1.54, 1.807) is 14.2 Å². The van der Waals surface area contributed by atoms with Gasteiger partial charge in [0, 0.05) is 12.6 Å². The van der Waals surface area contributed by atoms with Crippen molar-refractivity contribution in [2.24, 2.45) is 5.92 Å². The second-order valence-corrected chi connectivity index (χ2v) is 6.55. The standard InChI is InChI=1S/C19H26N2O3/c1-13-7-9-21(10-8-13)12-17-14(2)24-19(20-17)16-6-5-15(22-3)11-18(16)23-4/h5-6,11,13H,7-10,12H2,1-4H3. The summed E-state index contributed by atoms with van der Waals surface area (Å²) in [7, 11) is 3.28. The number of rotatable bonds is 5. The summed E-state index contributed by atoms with van der Waals surface area (Å²) in [5, 5.41) is 0. The molecular weight excluding hydrogens is 304 g/mol. The van der Waals surface area contributed by atoms with E-state index >= 15 is 0 Å². The Morgan fingerprint density at radius 3 is 2.62 bits per heavy atom. The van der Waals surface area contributed by atoms with Crippen LogP contribution in [0.25, 0.3) is 11.5 Å². The molecule has 2 aromatic rings. The lowest BCUT2D eigenvalue weighted by atomic mass is 9.99. The minimum Gasteiger partial charge on any atom is -0.497 e. The van der Waals surface area contributed by atoms with Crippen LogP contribution in [0.15, 0.2) is 22.6 Å². The maximum Gasteiger partial charge on any atom is 0.230 e. The lowest BCUT2D eigenvalue weighted by molar-refractivity contribution is 0.183. The van der Waals surface area contributed by atoms with Crippen LogP contribution in [0.2, 0.25) is 0 Å². The van der Waals surface area contributed by atoms with E-state index < -0.39 is 0 Å². The molecule has 1 fully saturated rings. The van der Waals surface area contributed by atoms with E-state index in [-0.39, 0.29) is 0 Å². The fourth-order valence-electron chi connectivity index (χ4n) is 3.10. The third-order valence-corrected chi connectivity index (χ3v) is 4.78. The van der Waals surface area contributed by atoms with Crippen molar-refractivity contribution in [1.29, 1.82) is 0 Å². The molecule has 3 rings (SSSR count). The van der Waals surface area contributed by atoms with E-state index in [4.69, 9.17) is 18.9 Å². The molecule has 24 heavy (non-hydrogen) atoms. The second-order valence-electron chi connectivity index (χ2n) is 6.55. The predicted octanol–water partition coefficient (Wildman–Crippen LogP) is 3.90. The number of methoxy groups -OCH3 is 2. The van der Waals surface area contributed by atoms with E-state index in [2.05, 4.69) is 11.8 Å². The number of aromatic nitrogens is 1. The summed E-state index contributed by atoms with van der Waals surface area (Å²) in [4.78, 5) is 7.19. The van der Waals surface area contributed by atoms with Crippen molar-refractivity contribution in [3.8, 4) is 23.0 Å². The van der Waals surface area contributed by atoms with Gasteiger partial charge in [0.2, 0.25) is 5.89 Å². The van der Waals surface area contributed by atoms with Gasteiger partial charge in [-0.2, -0.15) is 0 Å². The summed E-state index contributed by atoms with van der Waals surface area (Å²) in [6.45, 7) is 7.42. The molecule has 0 aliphatic carbocycles. The zero-order chi connectivity index (χ0) is 17.1. The van der Waals surface area contributed by atoms with E-state index in [1.807, 2.05) is 25.1 Å². The Kier molecular flexibility index (Phi) is 5.09. The van der Waals surface area contributed by atoms with Gasteiger partial charge in [0.1, 0.15) is 17.3 Å². The number of nitrogens with zero attached hydrogens (tertiary/aromatic N) is 2. The molecule has 0 amide bonds. The maximum absolute atomic E-state index is 5.92. The fourth-order valence-corrected chi connectivity index (χ4v) is 3.10. The summed E-state index contributed by atoms with van der Waals surface area (Å²) < 4.78 is 16.6. The average Bonchev–Trinajstić information content (AvgIpc) is 2.96. The maximum atomic E-state index is 5.92. The molecule has 0 spiro atoms. The number of aryl methyl sites for hydroxylation is 1. The van der Waals surface area contributed by atoms with Crippen molar-refractivity contribution in [2.45, 2.75) is 33.2 Å². The largest absolute Gasteiger partial charge is 0.497 e. The first-order valence-electron chi connectivity index (χ1n) is 8.51. The minimum absolute atomic E-state index is 0.604. The van der Waals surface area contributed by atoms with E-state index in [0.717, 1.165) is 48.3 Å². The molecule has 1 aliphatic heterocycles. The van der Waals surface area contributed by atoms with Crippen LogP contribution >= 0.6 is 0 Å². The normalized spacial score (nSPS) is 16.3.